The molecule has 0 atom stereocenters. The first-order chi connectivity index (χ1) is 10.1. The third-order valence-electron chi connectivity index (χ3n) is 3.07. The van der Waals surface area contributed by atoms with Crippen LogP contribution in [0, 0.1) is 0 Å². The number of nitrogens with zero attached hydrogens (tertiary/aromatic N) is 1. The lowest BCUT2D eigenvalue weighted by Crippen LogP contribution is -2.31. The zero-order valence-corrected chi connectivity index (χ0v) is 13.4. The van der Waals surface area contributed by atoms with Gasteiger partial charge in [-0.25, -0.2) is 8.42 Å². The summed E-state index contributed by atoms with van der Waals surface area (Å²) in [6.07, 6.45) is 4.04. The summed E-state index contributed by atoms with van der Waals surface area (Å²) < 4.78 is 26.4. The van der Waals surface area contributed by atoms with Gasteiger partial charge < -0.3 is 5.32 Å². The number of rotatable bonds is 10. The summed E-state index contributed by atoms with van der Waals surface area (Å²) in [6.45, 7) is 11.6. The van der Waals surface area contributed by atoms with Crippen LogP contribution >= 0.6 is 0 Å². The largest absolute Gasteiger partial charge is 0.317 e. The van der Waals surface area contributed by atoms with E-state index in [9.17, 15) is 8.42 Å². The lowest BCUT2D eigenvalue weighted by atomic mass is 10.1. The molecule has 0 unspecified atom stereocenters. The minimum absolute atomic E-state index is 0.274. The molecule has 1 aromatic carbocycles. The van der Waals surface area contributed by atoms with E-state index in [-0.39, 0.29) is 13.1 Å². The lowest BCUT2D eigenvalue weighted by molar-refractivity contribution is 0.474. The second-order valence-electron chi connectivity index (χ2n) is 4.65. The Bertz CT molecular complexity index is 540. The number of hydrogen-bond donors (Lipinski definition) is 1. The van der Waals surface area contributed by atoms with Crippen molar-refractivity contribution >= 4 is 10.0 Å². The SMILES string of the molecule is C=CCN(CC=C)S(=O)(=O)c1ccc(CCNCC)cc1. The average molecular weight is 308 g/mol. The van der Waals surface area contributed by atoms with Gasteiger partial charge in [0.15, 0.2) is 0 Å². The zero-order valence-electron chi connectivity index (χ0n) is 12.6. The second kappa shape index (κ2) is 8.77. The molecule has 0 saturated carbocycles. The van der Waals surface area contributed by atoms with Crippen LogP contribution in [0.3, 0.4) is 0 Å². The van der Waals surface area contributed by atoms with E-state index in [1.807, 2.05) is 12.1 Å². The van der Waals surface area contributed by atoms with Gasteiger partial charge in [-0.1, -0.05) is 31.2 Å². The number of sulfonamides is 1. The molecular weight excluding hydrogens is 284 g/mol. The summed E-state index contributed by atoms with van der Waals surface area (Å²) in [5.41, 5.74) is 1.12. The molecule has 21 heavy (non-hydrogen) atoms. The molecule has 0 saturated heterocycles. The van der Waals surface area contributed by atoms with Gasteiger partial charge in [0.05, 0.1) is 4.90 Å². The van der Waals surface area contributed by atoms with Gasteiger partial charge in [-0.3, -0.25) is 0 Å². The third kappa shape index (κ3) is 5.12. The fourth-order valence-electron chi connectivity index (χ4n) is 1.95. The van der Waals surface area contributed by atoms with Crippen molar-refractivity contribution in [3.8, 4) is 0 Å². The Morgan fingerprint density at radius 2 is 1.71 bits per heavy atom. The minimum Gasteiger partial charge on any atom is -0.317 e. The minimum atomic E-state index is -3.49. The molecule has 0 aliphatic carbocycles. The van der Waals surface area contributed by atoms with Crippen molar-refractivity contribution < 1.29 is 8.42 Å². The van der Waals surface area contributed by atoms with E-state index in [4.69, 9.17) is 0 Å². The van der Waals surface area contributed by atoms with Crippen LogP contribution in [0.25, 0.3) is 0 Å². The molecule has 0 bridgehead atoms. The molecule has 0 spiro atoms. The Labute approximate surface area is 128 Å². The number of nitrogens with one attached hydrogen (secondary N) is 1. The lowest BCUT2D eigenvalue weighted by Gasteiger charge is -2.19. The maximum atomic E-state index is 12.5. The Hall–Kier alpha value is -1.43. The molecule has 1 N–H and O–H groups in total. The van der Waals surface area contributed by atoms with Gasteiger partial charge in [-0.2, -0.15) is 4.31 Å². The van der Waals surface area contributed by atoms with Crippen molar-refractivity contribution in [3.63, 3.8) is 0 Å². The maximum Gasteiger partial charge on any atom is 0.243 e. The Balaban J connectivity index is 2.87. The van der Waals surface area contributed by atoms with Crippen LogP contribution in [0.15, 0.2) is 54.5 Å². The molecule has 0 aliphatic heterocycles. The summed E-state index contributed by atoms with van der Waals surface area (Å²) >= 11 is 0. The first kappa shape index (κ1) is 17.6. The normalized spacial score (nSPS) is 11.5. The maximum absolute atomic E-state index is 12.5. The van der Waals surface area contributed by atoms with E-state index in [0.29, 0.717) is 4.90 Å². The molecule has 5 heteroatoms. The topological polar surface area (TPSA) is 49.4 Å². The van der Waals surface area contributed by atoms with E-state index in [1.165, 1.54) is 4.31 Å². The summed E-state index contributed by atoms with van der Waals surface area (Å²) in [5, 5.41) is 3.24. The zero-order chi connectivity index (χ0) is 15.7. The van der Waals surface area contributed by atoms with Gasteiger partial charge >= 0.3 is 0 Å². The fraction of sp³-hybridized carbons (Fsp3) is 0.375. The molecule has 116 valence electrons. The van der Waals surface area contributed by atoms with Gasteiger partial charge in [-0.15, -0.1) is 13.2 Å². The monoisotopic (exact) mass is 308 g/mol. The summed E-state index contributed by atoms with van der Waals surface area (Å²) in [5.74, 6) is 0. The van der Waals surface area contributed by atoms with Crippen LogP contribution in [0.1, 0.15) is 12.5 Å². The highest BCUT2D eigenvalue weighted by Crippen LogP contribution is 2.16. The van der Waals surface area contributed by atoms with Crippen LogP contribution in [-0.4, -0.2) is 38.9 Å². The van der Waals surface area contributed by atoms with Crippen molar-refractivity contribution in [1.29, 1.82) is 0 Å². The van der Waals surface area contributed by atoms with Crippen molar-refractivity contribution in [2.75, 3.05) is 26.2 Å². The summed E-state index contributed by atoms with van der Waals surface area (Å²) in [4.78, 5) is 0.304. The molecule has 1 aromatic rings. The van der Waals surface area contributed by atoms with Crippen molar-refractivity contribution in [2.24, 2.45) is 0 Å². The predicted molar refractivity (Wildman–Crippen MR) is 87.8 cm³/mol. The molecular formula is C16H24N2O2S. The van der Waals surface area contributed by atoms with Gasteiger partial charge in [0.1, 0.15) is 0 Å². The molecule has 0 radical (unpaired) electrons. The van der Waals surface area contributed by atoms with E-state index < -0.39 is 10.0 Å². The molecule has 0 fully saturated rings. The Morgan fingerprint density at radius 3 is 2.19 bits per heavy atom. The number of likely N-dealkylation sites (N-methyl/N-ethyl adjacent to an activating group) is 1. The first-order valence-corrected chi connectivity index (χ1v) is 8.51. The van der Waals surface area contributed by atoms with Crippen molar-refractivity contribution in [2.45, 2.75) is 18.2 Å². The van der Waals surface area contributed by atoms with Crippen LogP contribution < -0.4 is 5.32 Å². The van der Waals surface area contributed by atoms with Gasteiger partial charge in [-0.05, 0) is 37.2 Å². The van der Waals surface area contributed by atoms with Crippen LogP contribution in [-0.2, 0) is 16.4 Å². The smallest absolute Gasteiger partial charge is 0.243 e. The second-order valence-corrected chi connectivity index (χ2v) is 6.58. The van der Waals surface area contributed by atoms with E-state index >= 15 is 0 Å². The number of benzene rings is 1. The Kier molecular flexibility index (Phi) is 7.36. The summed E-state index contributed by atoms with van der Waals surface area (Å²) in [7, 11) is -3.49. The molecule has 4 nitrogen and oxygen atoms in total. The van der Waals surface area contributed by atoms with Crippen LogP contribution in [0.4, 0.5) is 0 Å². The molecule has 0 aliphatic rings. The standard InChI is InChI=1S/C16H24N2O2S/c1-4-13-18(14-5-2)21(19,20)16-9-7-15(8-10-16)11-12-17-6-3/h4-5,7-10,17H,1-2,6,11-14H2,3H3. The summed E-state index contributed by atoms with van der Waals surface area (Å²) in [6, 6.07) is 7.06. The van der Waals surface area contributed by atoms with Gasteiger partial charge in [0.25, 0.3) is 0 Å². The highest BCUT2D eigenvalue weighted by atomic mass is 32.2. The van der Waals surface area contributed by atoms with Crippen LogP contribution in [0.5, 0.6) is 0 Å². The van der Waals surface area contributed by atoms with Crippen molar-refractivity contribution in [3.05, 3.63) is 55.1 Å². The van der Waals surface area contributed by atoms with E-state index in [1.54, 1.807) is 24.3 Å². The molecule has 1 rings (SSSR count). The van der Waals surface area contributed by atoms with Gasteiger partial charge in [0, 0.05) is 13.1 Å². The van der Waals surface area contributed by atoms with E-state index in [2.05, 4.69) is 25.4 Å². The number of hydrogen-bond acceptors (Lipinski definition) is 3. The quantitative estimate of drug-likeness (QED) is 0.532. The fourth-order valence-corrected chi connectivity index (χ4v) is 3.33. The van der Waals surface area contributed by atoms with Gasteiger partial charge in [0.2, 0.25) is 10.0 Å². The average Bonchev–Trinajstić information content (AvgIpc) is 2.48. The van der Waals surface area contributed by atoms with Crippen molar-refractivity contribution in [1.82, 2.24) is 9.62 Å². The highest BCUT2D eigenvalue weighted by molar-refractivity contribution is 7.89. The predicted octanol–water partition coefficient (Wildman–Crippen LogP) is 2.20. The molecule has 0 amide bonds. The third-order valence-corrected chi connectivity index (χ3v) is 4.91. The van der Waals surface area contributed by atoms with Crippen LogP contribution in [0.2, 0.25) is 0 Å². The molecule has 0 heterocycles. The molecule has 0 aromatic heterocycles. The highest BCUT2D eigenvalue weighted by Gasteiger charge is 2.21. The van der Waals surface area contributed by atoms with E-state index in [0.717, 1.165) is 25.1 Å². The Morgan fingerprint density at radius 1 is 1.14 bits per heavy atom. The first-order valence-electron chi connectivity index (χ1n) is 7.07.